The number of rotatable bonds is 12. The van der Waals surface area contributed by atoms with E-state index in [1.54, 1.807) is 0 Å². The first-order chi connectivity index (χ1) is 21.5. The number of hydrogen-bond donors (Lipinski definition) is 3. The predicted octanol–water partition coefficient (Wildman–Crippen LogP) is 0.162. The number of benzene rings is 1. The van der Waals surface area contributed by atoms with Crippen LogP contribution in [-0.4, -0.2) is 102 Å². The number of halogens is 1. The summed E-state index contributed by atoms with van der Waals surface area (Å²) in [5, 5.41) is 16.4. The van der Waals surface area contributed by atoms with Crippen molar-refractivity contribution in [1.82, 2.24) is 10.6 Å². The molecule has 0 aromatic heterocycles. The smallest absolute Gasteiger partial charge is 0.407 e. The molecule has 0 unspecified atom stereocenters. The van der Waals surface area contributed by atoms with Crippen LogP contribution in [0.3, 0.4) is 0 Å². The first-order valence-electron chi connectivity index (χ1n) is 13.6. The van der Waals surface area contributed by atoms with Crippen LogP contribution in [0.15, 0.2) is 24.3 Å². The SMILES string of the molecule is COC(=O)[C@@]1(O)O[C@@H]([C@H](OC(C)=O)[C@@H](COC(C)=O)OC(C)=O)[C@H](NC(C)=O)[C@@H](NC(=O)OCc2ccc(OC(C)=O)cc2)[C@H]1Br. The lowest BCUT2D eigenvalue weighted by molar-refractivity contribution is -0.283. The summed E-state index contributed by atoms with van der Waals surface area (Å²) in [6.45, 7) is 4.45. The van der Waals surface area contributed by atoms with Gasteiger partial charge >= 0.3 is 35.9 Å². The number of alkyl halides is 1. The van der Waals surface area contributed by atoms with Crippen molar-refractivity contribution in [1.29, 1.82) is 0 Å². The molecule has 18 heteroatoms. The molecule has 1 fully saturated rings. The number of nitrogens with one attached hydrogen (secondary N) is 2. The highest BCUT2D eigenvalue weighted by Crippen LogP contribution is 2.37. The van der Waals surface area contributed by atoms with Crippen LogP contribution in [0.4, 0.5) is 4.79 Å². The Morgan fingerprint density at radius 1 is 0.870 bits per heavy atom. The van der Waals surface area contributed by atoms with Crippen molar-refractivity contribution in [3.8, 4) is 5.75 Å². The maximum atomic E-state index is 13.0. The Hall–Kier alpha value is -4.29. The third-order valence-corrected chi connectivity index (χ3v) is 7.38. The molecular formula is C28H35BrN2O15. The van der Waals surface area contributed by atoms with Gasteiger partial charge in [-0.15, -0.1) is 0 Å². The number of alkyl carbamates (subject to hydrolysis) is 1. The minimum atomic E-state index is -2.92. The molecule has 0 bridgehead atoms. The van der Waals surface area contributed by atoms with Gasteiger partial charge in [-0.2, -0.15) is 0 Å². The molecule has 1 aromatic rings. The molecule has 17 nitrogen and oxygen atoms in total. The van der Waals surface area contributed by atoms with Gasteiger partial charge in [-0.1, -0.05) is 28.1 Å². The quantitative estimate of drug-likeness (QED) is 0.113. The second-order valence-electron chi connectivity index (χ2n) is 9.91. The molecule has 0 aliphatic carbocycles. The first kappa shape index (κ1) is 37.9. The van der Waals surface area contributed by atoms with E-state index in [0.29, 0.717) is 5.56 Å². The Labute approximate surface area is 271 Å². The van der Waals surface area contributed by atoms with Gasteiger partial charge in [0, 0.05) is 34.6 Å². The van der Waals surface area contributed by atoms with Gasteiger partial charge < -0.3 is 48.9 Å². The van der Waals surface area contributed by atoms with Crippen molar-refractivity contribution in [3.63, 3.8) is 0 Å². The number of esters is 5. The van der Waals surface area contributed by atoms with E-state index in [-0.39, 0.29) is 12.4 Å². The van der Waals surface area contributed by atoms with Gasteiger partial charge in [-0.25, -0.2) is 9.59 Å². The average molecular weight is 719 g/mol. The van der Waals surface area contributed by atoms with Gasteiger partial charge in [0.25, 0.3) is 5.79 Å². The molecule has 254 valence electrons. The van der Waals surface area contributed by atoms with Gasteiger partial charge in [-0.3, -0.25) is 24.0 Å². The zero-order valence-electron chi connectivity index (χ0n) is 25.7. The molecule has 1 aromatic carbocycles. The van der Waals surface area contributed by atoms with Crippen molar-refractivity contribution in [2.75, 3.05) is 13.7 Å². The normalized spacial score (nSPS) is 23.4. The van der Waals surface area contributed by atoms with E-state index in [9.17, 15) is 38.7 Å². The summed E-state index contributed by atoms with van der Waals surface area (Å²) in [6.07, 6.45) is -6.22. The summed E-state index contributed by atoms with van der Waals surface area (Å²) < 4.78 is 36.3. The summed E-state index contributed by atoms with van der Waals surface area (Å²) in [7, 11) is 0.938. The summed E-state index contributed by atoms with van der Waals surface area (Å²) in [4.78, 5) is 83.7. The number of aliphatic hydroxyl groups is 1. The molecule has 1 aliphatic heterocycles. The predicted molar refractivity (Wildman–Crippen MR) is 155 cm³/mol. The summed E-state index contributed by atoms with van der Waals surface area (Å²) in [5.41, 5.74) is 0.486. The Morgan fingerprint density at radius 3 is 1.98 bits per heavy atom. The minimum absolute atomic E-state index is 0.263. The van der Waals surface area contributed by atoms with Gasteiger partial charge in [-0.05, 0) is 17.7 Å². The molecule has 3 N–H and O–H groups in total. The summed E-state index contributed by atoms with van der Waals surface area (Å²) in [5.74, 6) is -7.89. The fourth-order valence-corrected chi connectivity index (χ4v) is 5.18. The number of hydrogen-bond acceptors (Lipinski definition) is 15. The monoisotopic (exact) mass is 718 g/mol. The summed E-state index contributed by atoms with van der Waals surface area (Å²) in [6, 6.07) is 3.09. The fourth-order valence-electron chi connectivity index (χ4n) is 4.42. The summed E-state index contributed by atoms with van der Waals surface area (Å²) >= 11 is 3.15. The van der Waals surface area contributed by atoms with E-state index >= 15 is 0 Å². The fraction of sp³-hybridized carbons (Fsp3) is 0.536. The molecule has 0 radical (unpaired) electrons. The number of ether oxygens (including phenoxy) is 7. The largest absolute Gasteiger partial charge is 0.465 e. The van der Waals surface area contributed by atoms with Gasteiger partial charge in [0.1, 0.15) is 29.9 Å². The third kappa shape index (κ3) is 10.7. The Bertz CT molecular complexity index is 1310. The van der Waals surface area contributed by atoms with Crippen molar-refractivity contribution >= 4 is 57.8 Å². The number of carbonyl (C=O) groups is 7. The van der Waals surface area contributed by atoms with Crippen molar-refractivity contribution in [2.24, 2.45) is 0 Å². The number of amides is 2. The van der Waals surface area contributed by atoms with E-state index in [2.05, 4.69) is 26.6 Å². The lowest BCUT2D eigenvalue weighted by atomic mass is 9.86. The second-order valence-corrected chi connectivity index (χ2v) is 10.9. The molecule has 0 spiro atoms. The van der Waals surface area contributed by atoms with Crippen molar-refractivity contribution in [3.05, 3.63) is 29.8 Å². The lowest BCUT2D eigenvalue weighted by Gasteiger charge is -2.50. The van der Waals surface area contributed by atoms with Crippen molar-refractivity contribution in [2.45, 2.75) is 82.2 Å². The van der Waals surface area contributed by atoms with E-state index < -0.39 is 89.5 Å². The van der Waals surface area contributed by atoms with Crippen LogP contribution in [0.1, 0.15) is 40.2 Å². The van der Waals surface area contributed by atoms with Crippen LogP contribution in [0.5, 0.6) is 5.75 Å². The lowest BCUT2D eigenvalue weighted by Crippen LogP contribution is -2.75. The molecular weight excluding hydrogens is 684 g/mol. The van der Waals surface area contributed by atoms with E-state index in [1.165, 1.54) is 31.2 Å². The highest BCUT2D eigenvalue weighted by Gasteiger charge is 2.62. The maximum absolute atomic E-state index is 13.0. The Balaban J connectivity index is 2.53. The average Bonchev–Trinajstić information content (AvgIpc) is 2.96. The van der Waals surface area contributed by atoms with E-state index in [1.807, 2.05) is 0 Å². The standard InChI is InChI=1S/C28H35BrN2O15/c1-13(32)30-21-22(31-27(38)42-11-18-7-9-19(10-8-18)43-15(3)34)25(29)28(39,26(37)40-6)46-24(21)23(45-17(5)36)20(44-16(4)35)12-41-14(2)33/h7-10,20-25,39H,11-12H2,1-6H3,(H,30,32)(H,31,38)/t20-,21-,22-,23-,24-,25-,28+/m1/s1. The van der Waals surface area contributed by atoms with Crippen LogP contribution in [-0.2, 0) is 63.8 Å². The highest BCUT2D eigenvalue weighted by atomic mass is 79.9. The second kappa shape index (κ2) is 16.9. The van der Waals surface area contributed by atoms with Gasteiger partial charge in [0.2, 0.25) is 5.91 Å². The topological polar surface area (TPSA) is 228 Å². The third-order valence-electron chi connectivity index (χ3n) is 6.19. The van der Waals surface area contributed by atoms with E-state index in [0.717, 1.165) is 34.8 Å². The maximum Gasteiger partial charge on any atom is 0.407 e. The van der Waals surface area contributed by atoms with Gasteiger partial charge in [0.15, 0.2) is 12.2 Å². The van der Waals surface area contributed by atoms with Crippen LogP contribution >= 0.6 is 15.9 Å². The zero-order valence-corrected chi connectivity index (χ0v) is 27.3. The molecule has 1 heterocycles. The van der Waals surface area contributed by atoms with Gasteiger partial charge in [0.05, 0.1) is 19.2 Å². The molecule has 1 saturated heterocycles. The molecule has 0 saturated carbocycles. The Kier molecular flexibility index (Phi) is 13.9. The number of carbonyl (C=O) groups excluding carboxylic acids is 7. The van der Waals surface area contributed by atoms with Crippen LogP contribution in [0.2, 0.25) is 0 Å². The van der Waals surface area contributed by atoms with Crippen molar-refractivity contribution < 1.29 is 71.8 Å². The van der Waals surface area contributed by atoms with Crippen LogP contribution in [0, 0.1) is 0 Å². The molecule has 2 amide bonds. The number of methoxy groups -OCH3 is 1. The van der Waals surface area contributed by atoms with Crippen LogP contribution < -0.4 is 15.4 Å². The molecule has 46 heavy (non-hydrogen) atoms. The zero-order chi connectivity index (χ0) is 34.8. The molecule has 7 atom stereocenters. The minimum Gasteiger partial charge on any atom is -0.465 e. The molecule has 1 aliphatic rings. The molecule has 2 rings (SSSR count). The van der Waals surface area contributed by atoms with E-state index in [4.69, 9.17) is 33.2 Å². The highest BCUT2D eigenvalue weighted by molar-refractivity contribution is 9.09. The Morgan fingerprint density at radius 2 is 1.48 bits per heavy atom. The first-order valence-corrected chi connectivity index (χ1v) is 14.5. The van der Waals surface area contributed by atoms with Crippen LogP contribution in [0.25, 0.3) is 0 Å².